The highest BCUT2D eigenvalue weighted by atomic mass is 79.9. The fourth-order valence-electron chi connectivity index (χ4n) is 18.0. The molecule has 4 heterocycles. The molecule has 16 rings (SSSR count). The Hall–Kier alpha value is -8.42. The first-order valence-electron chi connectivity index (χ1n) is 36.4. The highest BCUT2D eigenvalue weighted by Gasteiger charge is 2.33. The number of halogens is 1. The molecule has 0 bridgehead atoms. The Balaban J connectivity index is 1.03. The molecule has 488 valence electrons. The summed E-state index contributed by atoms with van der Waals surface area (Å²) < 4.78 is 4.88. The van der Waals surface area contributed by atoms with Crippen molar-refractivity contribution in [3.63, 3.8) is 0 Å². The van der Waals surface area contributed by atoms with E-state index in [1.807, 2.05) is 60.7 Å². The second-order valence-corrected chi connectivity index (χ2v) is 29.3. The molecule has 12 aromatic carbocycles. The fraction of sp³-hybridized carbons (Fsp3) is 0.398. The summed E-state index contributed by atoms with van der Waals surface area (Å²) in [6, 6.07) is 20.9. The predicted molar refractivity (Wildman–Crippen MR) is 406 cm³/mol. The Bertz CT molecular complexity index is 6250. The summed E-state index contributed by atoms with van der Waals surface area (Å²) in [4.78, 5) is 125. The lowest BCUT2D eigenvalue weighted by Crippen LogP contribution is -2.33. The number of nitrogens with zero attached hydrogens (tertiary/aromatic N) is 3. The molecule has 0 saturated heterocycles. The molecule has 16 aromatic rings. The number of benzene rings is 12. The Labute approximate surface area is 560 Å². The molecule has 0 aliphatic rings. The van der Waals surface area contributed by atoms with Gasteiger partial charge in [0.15, 0.2) is 0 Å². The quantitative estimate of drug-likeness (QED) is 0.0264. The van der Waals surface area contributed by atoms with E-state index in [9.17, 15) is 9.59 Å². The summed E-state index contributed by atoms with van der Waals surface area (Å²) in [6.07, 6.45) is 29.0. The van der Waals surface area contributed by atoms with Gasteiger partial charge in [-0.2, -0.15) is 0 Å². The Kier molecular flexibility index (Phi) is 16.2. The zero-order valence-corrected chi connectivity index (χ0v) is 57.1. The number of H-pyrrole nitrogens is 1. The number of nitrogens with one attached hydrogen (secondary N) is 1. The van der Waals surface area contributed by atoms with Gasteiger partial charge in [-0.3, -0.25) is 57.0 Å². The molecule has 1 N–H and O–H groups in total. The van der Waals surface area contributed by atoms with Crippen molar-refractivity contribution in [3.05, 3.63) is 154 Å². The van der Waals surface area contributed by atoms with E-state index in [1.54, 1.807) is 6.07 Å². The molecule has 4 aromatic heterocycles. The summed E-state index contributed by atoms with van der Waals surface area (Å²) in [6.45, 7) is 7.41. The number of rotatable bonds is 30. The van der Waals surface area contributed by atoms with Gasteiger partial charge in [0.2, 0.25) is 0 Å². The number of pyridine rings is 4. The third-order valence-corrected chi connectivity index (χ3v) is 23.2. The van der Waals surface area contributed by atoms with Crippen LogP contribution in [0.1, 0.15) is 194 Å². The standard InChI is InChI=1S/C83H81BrN4O8/c1-4-7-10-13-16-19-22-25-28-37-86-78(91)49-35-31-45-46-32-36-50-63-57(81(94)87(79(50)92)38-29-26-23-20-17-14-11-8-5-2)42-53-65-54-43-58-66-59(83(96)88(82(58)95)39-30-27-24-21-18-15-12-9-6-3)44-60(84)67-47-33-34-48-61-55(77(90)85-76(48)89)40-51(73(70(47)61)74(54)75(66)67)64(65)52-41-56(80(86)93)62(49)68(45)71(52)72(53)69(46)63/h31-36,40-44H,4-30,37-39H2,1-3H3,(H,85,89,90). The molecule has 0 radical (unpaired) electrons. The van der Waals surface area contributed by atoms with Crippen LogP contribution in [0.4, 0.5) is 0 Å². The highest BCUT2D eigenvalue weighted by Crippen LogP contribution is 2.57. The maximum absolute atomic E-state index is 15.8. The first kappa shape index (κ1) is 62.4. The van der Waals surface area contributed by atoms with Crippen LogP contribution in [0.5, 0.6) is 0 Å². The molecular weight excluding hydrogens is 1260 g/mol. The molecule has 0 atom stereocenters. The van der Waals surface area contributed by atoms with Crippen molar-refractivity contribution in [2.75, 3.05) is 0 Å². The topological polar surface area (TPSA) is 167 Å². The van der Waals surface area contributed by atoms with Crippen LogP contribution < -0.4 is 44.5 Å². The van der Waals surface area contributed by atoms with Gasteiger partial charge in [0, 0.05) is 99.5 Å². The average Bonchev–Trinajstić information content (AvgIpc) is 0.655. The van der Waals surface area contributed by atoms with Gasteiger partial charge in [0.25, 0.3) is 44.5 Å². The van der Waals surface area contributed by atoms with Crippen molar-refractivity contribution < 1.29 is 0 Å². The zero-order chi connectivity index (χ0) is 65.9. The molecule has 0 aliphatic carbocycles. The molecule has 96 heavy (non-hydrogen) atoms. The van der Waals surface area contributed by atoms with Crippen molar-refractivity contribution >= 4 is 178 Å². The van der Waals surface area contributed by atoms with E-state index in [2.05, 4.69) is 41.7 Å². The summed E-state index contributed by atoms with van der Waals surface area (Å²) >= 11 is 4.02. The highest BCUT2D eigenvalue weighted by molar-refractivity contribution is 9.10. The monoisotopic (exact) mass is 1340 g/mol. The van der Waals surface area contributed by atoms with Crippen LogP contribution in [-0.2, 0) is 19.6 Å². The molecule has 0 saturated carbocycles. The minimum atomic E-state index is -0.562. The minimum Gasteiger partial charge on any atom is -0.288 e. The molecule has 0 aliphatic heterocycles. The molecule has 0 fully saturated rings. The van der Waals surface area contributed by atoms with E-state index < -0.39 is 27.8 Å². The Morgan fingerprint density at radius 1 is 0.240 bits per heavy atom. The van der Waals surface area contributed by atoms with Gasteiger partial charge < -0.3 is 0 Å². The van der Waals surface area contributed by atoms with Crippen molar-refractivity contribution in [1.29, 1.82) is 0 Å². The number of unbranched alkanes of at least 4 members (excludes halogenated alkanes) is 24. The zero-order valence-electron chi connectivity index (χ0n) is 55.5. The summed E-state index contributed by atoms with van der Waals surface area (Å²) in [5.74, 6) is 0. The molecule has 12 nitrogen and oxygen atoms in total. The van der Waals surface area contributed by atoms with E-state index in [1.165, 1.54) is 90.8 Å². The number of hydrogen-bond donors (Lipinski definition) is 1. The Morgan fingerprint density at radius 3 is 0.885 bits per heavy atom. The van der Waals surface area contributed by atoms with E-state index in [4.69, 9.17) is 0 Å². The lowest BCUT2D eigenvalue weighted by molar-refractivity contribution is 0.530. The van der Waals surface area contributed by atoms with Crippen LogP contribution >= 0.6 is 15.9 Å². The number of aromatic amines is 1. The maximum atomic E-state index is 15.8. The largest absolute Gasteiger partial charge is 0.288 e. The van der Waals surface area contributed by atoms with Crippen LogP contribution in [0.2, 0.25) is 0 Å². The van der Waals surface area contributed by atoms with E-state index in [-0.39, 0.29) is 41.7 Å². The third kappa shape index (κ3) is 9.37. The fourth-order valence-corrected chi connectivity index (χ4v) is 18.7. The van der Waals surface area contributed by atoms with Crippen LogP contribution in [0.25, 0.3) is 162 Å². The predicted octanol–water partition coefficient (Wildman–Crippen LogP) is 19.5. The molecule has 0 unspecified atom stereocenters. The van der Waals surface area contributed by atoms with Crippen molar-refractivity contribution in [3.8, 4) is 0 Å². The number of hydrogen-bond acceptors (Lipinski definition) is 8. The van der Waals surface area contributed by atoms with Crippen molar-refractivity contribution in [2.45, 2.75) is 214 Å². The second-order valence-electron chi connectivity index (χ2n) is 28.5. The van der Waals surface area contributed by atoms with Crippen LogP contribution in [0.15, 0.2) is 110 Å². The summed E-state index contributed by atoms with van der Waals surface area (Å²) in [7, 11) is 0. The van der Waals surface area contributed by atoms with E-state index in [0.29, 0.717) is 137 Å². The van der Waals surface area contributed by atoms with Gasteiger partial charge in [-0.15, -0.1) is 0 Å². The van der Waals surface area contributed by atoms with Crippen LogP contribution in [0.3, 0.4) is 0 Å². The Morgan fingerprint density at radius 2 is 0.490 bits per heavy atom. The SMILES string of the molecule is CCCCCCCCCCCn1c(=O)c2ccc3c4ccc5c(=O)n(CCCCCCCCCCC)c(=O)c6cc7c8c9cc%10c(=O)n(CCCCCCCCCCC)c(=O)c%11cc(Br)c%12c%13ccc%14c(=O)[nH]c(=O)c%15cc(c8c8cc(c1=O)c2c3c8c7c4c56)c(c%13c%14%15)c9c%12c%11%10. The lowest BCUT2D eigenvalue weighted by atomic mass is 9.76. The van der Waals surface area contributed by atoms with Crippen molar-refractivity contribution in [1.82, 2.24) is 18.7 Å². The third-order valence-electron chi connectivity index (χ3n) is 22.6. The van der Waals surface area contributed by atoms with Crippen LogP contribution in [0, 0.1) is 0 Å². The smallest absolute Gasteiger partial charge is 0.261 e. The van der Waals surface area contributed by atoms with Gasteiger partial charge in [0.1, 0.15) is 0 Å². The maximum Gasteiger partial charge on any atom is 0.261 e. The molecule has 13 heteroatoms. The summed E-state index contributed by atoms with van der Waals surface area (Å²) in [5.41, 5.74) is -3.33. The first-order valence-corrected chi connectivity index (χ1v) is 37.1. The van der Waals surface area contributed by atoms with Gasteiger partial charge in [-0.25, -0.2) is 0 Å². The van der Waals surface area contributed by atoms with E-state index in [0.717, 1.165) is 120 Å². The van der Waals surface area contributed by atoms with Gasteiger partial charge >= 0.3 is 0 Å². The lowest BCUT2D eigenvalue weighted by Gasteiger charge is -2.26. The second kappa shape index (κ2) is 24.9. The number of aromatic nitrogens is 4. The average molecular weight is 1340 g/mol. The van der Waals surface area contributed by atoms with Gasteiger partial charge in [0.05, 0.1) is 0 Å². The minimum absolute atomic E-state index is 0.243. The normalized spacial score (nSPS) is 12.9. The van der Waals surface area contributed by atoms with Gasteiger partial charge in [-0.05, 0) is 154 Å². The van der Waals surface area contributed by atoms with Crippen LogP contribution in [-0.4, -0.2) is 18.7 Å². The molecule has 0 amide bonds. The van der Waals surface area contributed by atoms with Crippen molar-refractivity contribution in [2.24, 2.45) is 0 Å². The van der Waals surface area contributed by atoms with E-state index >= 15 is 28.8 Å². The molecule has 0 spiro atoms. The number of fused-ring (bicyclic) bond motifs is 7. The molecular formula is C83H81BrN4O8. The first-order chi connectivity index (χ1) is 46.9. The van der Waals surface area contributed by atoms with Gasteiger partial charge in [-0.1, -0.05) is 209 Å². The summed E-state index contributed by atoms with van der Waals surface area (Å²) in [5, 5.41) is 17.8.